The molecular formula is C8H7ClO4S. The van der Waals surface area contributed by atoms with E-state index in [-0.39, 0.29) is 5.75 Å². The Morgan fingerprint density at radius 2 is 2.36 bits per heavy atom. The molecule has 0 saturated carbocycles. The van der Waals surface area contributed by atoms with Crippen LogP contribution in [0.4, 0.5) is 0 Å². The highest BCUT2D eigenvalue weighted by molar-refractivity contribution is 7.14. The fourth-order valence-corrected chi connectivity index (χ4v) is 2.01. The molecule has 14 heavy (non-hydrogen) atoms. The molecule has 0 spiro atoms. The highest BCUT2D eigenvalue weighted by atomic mass is 35.5. The fourth-order valence-electron chi connectivity index (χ4n) is 0.870. The number of carbonyl (C=O) groups is 2. The van der Waals surface area contributed by atoms with E-state index < -0.39 is 12.6 Å². The second-order valence-electron chi connectivity index (χ2n) is 2.47. The van der Waals surface area contributed by atoms with E-state index in [1.165, 1.54) is 11.3 Å². The molecule has 1 aromatic heterocycles. The largest absolute Gasteiger partial charge is 0.479 e. The normalized spacial score (nSPS) is 9.86. The van der Waals surface area contributed by atoms with Gasteiger partial charge in [0, 0.05) is 4.88 Å². The Morgan fingerprint density at radius 1 is 1.71 bits per heavy atom. The Balaban J connectivity index is 2.93. The molecule has 0 radical (unpaired) electrons. The van der Waals surface area contributed by atoms with Gasteiger partial charge in [0.25, 0.3) is 0 Å². The van der Waals surface area contributed by atoms with E-state index in [1.54, 1.807) is 6.92 Å². The van der Waals surface area contributed by atoms with Crippen LogP contribution in [0.2, 0.25) is 5.02 Å². The van der Waals surface area contributed by atoms with Gasteiger partial charge in [0.05, 0.1) is 5.02 Å². The Hall–Kier alpha value is -1.07. The van der Waals surface area contributed by atoms with Gasteiger partial charge < -0.3 is 9.84 Å². The smallest absolute Gasteiger partial charge is 0.341 e. The van der Waals surface area contributed by atoms with Gasteiger partial charge in [-0.3, -0.25) is 4.79 Å². The third-order valence-corrected chi connectivity index (χ3v) is 3.02. The first-order chi connectivity index (χ1) is 6.56. The van der Waals surface area contributed by atoms with Crippen LogP contribution in [0.1, 0.15) is 14.5 Å². The minimum atomic E-state index is -1.11. The molecule has 1 rings (SSSR count). The van der Waals surface area contributed by atoms with Crippen molar-refractivity contribution < 1.29 is 19.4 Å². The van der Waals surface area contributed by atoms with Crippen molar-refractivity contribution in [2.45, 2.75) is 6.92 Å². The minimum absolute atomic E-state index is 0.159. The lowest BCUT2D eigenvalue weighted by Crippen LogP contribution is -2.09. The maximum atomic E-state index is 10.6. The van der Waals surface area contributed by atoms with E-state index in [4.69, 9.17) is 21.4 Å². The van der Waals surface area contributed by atoms with E-state index in [2.05, 4.69) is 0 Å². The zero-order chi connectivity index (χ0) is 10.7. The molecule has 0 amide bonds. The maximum absolute atomic E-state index is 10.6. The molecule has 0 aromatic carbocycles. The van der Waals surface area contributed by atoms with Crippen molar-refractivity contribution in [2.24, 2.45) is 0 Å². The minimum Gasteiger partial charge on any atom is -0.479 e. The number of aliphatic carboxylic acids is 1. The van der Waals surface area contributed by atoms with Crippen molar-refractivity contribution >= 4 is 35.2 Å². The number of hydrogen-bond donors (Lipinski definition) is 1. The molecule has 76 valence electrons. The topological polar surface area (TPSA) is 63.6 Å². The number of carbonyl (C=O) groups excluding carboxylic acids is 1. The molecule has 4 nitrogen and oxygen atoms in total. The molecule has 6 heteroatoms. The summed E-state index contributed by atoms with van der Waals surface area (Å²) in [5, 5.41) is 8.69. The van der Waals surface area contributed by atoms with E-state index in [1.807, 2.05) is 0 Å². The number of ether oxygens (including phenoxy) is 1. The van der Waals surface area contributed by atoms with Crippen LogP contribution in [0, 0.1) is 6.92 Å². The van der Waals surface area contributed by atoms with Crippen molar-refractivity contribution in [3.63, 3.8) is 0 Å². The Morgan fingerprint density at radius 3 is 2.86 bits per heavy atom. The van der Waals surface area contributed by atoms with Gasteiger partial charge in [-0.2, -0.15) is 0 Å². The van der Waals surface area contributed by atoms with Gasteiger partial charge >= 0.3 is 5.97 Å². The number of aryl methyl sites for hydroxylation is 1. The fraction of sp³-hybridized carbons (Fsp3) is 0.250. The first kappa shape index (κ1) is 11.0. The van der Waals surface area contributed by atoms with Gasteiger partial charge in [0.2, 0.25) is 0 Å². The van der Waals surface area contributed by atoms with Crippen LogP contribution in [0.5, 0.6) is 5.75 Å². The maximum Gasteiger partial charge on any atom is 0.341 e. The van der Waals surface area contributed by atoms with Crippen LogP contribution in [-0.4, -0.2) is 24.0 Å². The molecule has 1 N–H and O–H groups in total. The van der Waals surface area contributed by atoms with E-state index in [0.29, 0.717) is 16.2 Å². The van der Waals surface area contributed by atoms with E-state index in [0.717, 1.165) is 4.88 Å². The summed E-state index contributed by atoms with van der Waals surface area (Å²) in [7, 11) is 0. The lowest BCUT2D eigenvalue weighted by molar-refractivity contribution is -0.139. The molecule has 1 aromatic rings. The monoisotopic (exact) mass is 234 g/mol. The van der Waals surface area contributed by atoms with E-state index in [9.17, 15) is 9.59 Å². The molecule has 0 saturated heterocycles. The molecule has 0 aliphatic heterocycles. The molecule has 0 aliphatic rings. The van der Waals surface area contributed by atoms with Crippen molar-refractivity contribution in [3.8, 4) is 5.75 Å². The molecule has 0 aliphatic carbocycles. The van der Waals surface area contributed by atoms with Crippen LogP contribution >= 0.6 is 22.9 Å². The summed E-state index contributed by atoms with van der Waals surface area (Å²) in [4.78, 5) is 21.8. The zero-order valence-corrected chi connectivity index (χ0v) is 8.82. The number of thiophene rings is 1. The highest BCUT2D eigenvalue weighted by Crippen LogP contribution is 2.37. The third-order valence-electron chi connectivity index (χ3n) is 1.44. The molecule has 0 bridgehead atoms. The SMILES string of the molecule is Cc1sc(C=O)c(OCC(=O)O)c1Cl. The van der Waals surface area contributed by atoms with Crippen LogP contribution in [0.25, 0.3) is 0 Å². The lowest BCUT2D eigenvalue weighted by atomic mass is 10.4. The van der Waals surface area contributed by atoms with Crippen LogP contribution < -0.4 is 4.74 Å². The summed E-state index contributed by atoms with van der Waals surface area (Å²) in [6.45, 7) is 1.23. The average molecular weight is 235 g/mol. The zero-order valence-electron chi connectivity index (χ0n) is 7.24. The van der Waals surface area contributed by atoms with Crippen LogP contribution in [0.3, 0.4) is 0 Å². The van der Waals surface area contributed by atoms with E-state index >= 15 is 0 Å². The average Bonchev–Trinajstić information content (AvgIpc) is 2.40. The lowest BCUT2D eigenvalue weighted by Gasteiger charge is -2.01. The number of aldehydes is 1. The van der Waals surface area contributed by atoms with Gasteiger partial charge in [-0.25, -0.2) is 4.79 Å². The number of carboxylic acids is 1. The first-order valence-corrected chi connectivity index (χ1v) is 4.84. The standard InChI is InChI=1S/C8H7ClO4S/c1-4-7(9)8(5(2-10)14-4)13-3-6(11)12/h2H,3H2,1H3,(H,11,12). The summed E-state index contributed by atoms with van der Waals surface area (Å²) in [6.07, 6.45) is 0.598. The van der Waals surface area contributed by atoms with Crippen molar-refractivity contribution in [1.82, 2.24) is 0 Å². The van der Waals surface area contributed by atoms with Crippen molar-refractivity contribution in [1.29, 1.82) is 0 Å². The second-order valence-corrected chi connectivity index (χ2v) is 4.10. The predicted molar refractivity (Wildman–Crippen MR) is 52.6 cm³/mol. The highest BCUT2D eigenvalue weighted by Gasteiger charge is 2.15. The van der Waals surface area contributed by atoms with Gasteiger partial charge in [-0.1, -0.05) is 11.6 Å². The number of carboxylic acid groups (broad SMARTS) is 1. The quantitative estimate of drug-likeness (QED) is 0.810. The van der Waals surface area contributed by atoms with Gasteiger partial charge in [0.1, 0.15) is 4.88 Å². The number of halogens is 1. The predicted octanol–water partition coefficient (Wildman–Crippen LogP) is 1.99. The summed E-state index contributed by atoms with van der Waals surface area (Å²) in [5.41, 5.74) is 0. The van der Waals surface area contributed by atoms with Crippen LogP contribution in [-0.2, 0) is 4.79 Å². The summed E-state index contributed by atoms with van der Waals surface area (Å²) < 4.78 is 4.89. The van der Waals surface area contributed by atoms with Crippen molar-refractivity contribution in [3.05, 3.63) is 14.8 Å². The first-order valence-electron chi connectivity index (χ1n) is 3.65. The molecular weight excluding hydrogens is 228 g/mol. The number of rotatable bonds is 4. The van der Waals surface area contributed by atoms with Gasteiger partial charge in [-0.05, 0) is 6.92 Å². The third kappa shape index (κ3) is 2.24. The Bertz CT molecular complexity index is 372. The van der Waals surface area contributed by atoms with Crippen molar-refractivity contribution in [2.75, 3.05) is 6.61 Å². The molecule has 0 atom stereocenters. The summed E-state index contributed by atoms with van der Waals surface area (Å²) >= 11 is 6.98. The molecule has 0 unspecified atom stereocenters. The van der Waals surface area contributed by atoms with Gasteiger partial charge in [0.15, 0.2) is 18.6 Å². The van der Waals surface area contributed by atoms with Gasteiger partial charge in [-0.15, -0.1) is 11.3 Å². The molecule has 0 fully saturated rings. The summed E-state index contributed by atoms with van der Waals surface area (Å²) in [5.74, 6) is -0.951. The molecule has 1 heterocycles. The Kier molecular flexibility index (Phi) is 3.49. The number of hydrogen-bond acceptors (Lipinski definition) is 4. The van der Waals surface area contributed by atoms with Crippen LogP contribution in [0.15, 0.2) is 0 Å². The Labute approximate surface area is 89.1 Å². The second kappa shape index (κ2) is 4.43. The summed E-state index contributed by atoms with van der Waals surface area (Å²) in [6, 6.07) is 0.